The Kier molecular flexibility index (Phi) is 4.57. The molecular weight excluding hydrogens is 290 g/mol. The number of hydrogen-bond donors (Lipinski definition) is 2. The number of hydrogen-bond acceptors (Lipinski definition) is 2. The predicted molar refractivity (Wildman–Crippen MR) is 88.0 cm³/mol. The number of rotatable bonds is 4. The fourth-order valence-electron chi connectivity index (χ4n) is 2.78. The second-order valence-corrected chi connectivity index (χ2v) is 5.50. The van der Waals surface area contributed by atoms with Gasteiger partial charge in [-0.05, 0) is 17.5 Å². The van der Waals surface area contributed by atoms with E-state index in [0.717, 1.165) is 17.5 Å². The van der Waals surface area contributed by atoms with Gasteiger partial charge < -0.3 is 10.2 Å². The summed E-state index contributed by atoms with van der Waals surface area (Å²) in [6, 6.07) is 18.8. The highest BCUT2D eigenvalue weighted by Gasteiger charge is 2.29. The van der Waals surface area contributed by atoms with Crippen molar-refractivity contribution in [1.82, 2.24) is 15.5 Å². The Balaban J connectivity index is 1.81. The van der Waals surface area contributed by atoms with E-state index in [0.29, 0.717) is 13.1 Å². The minimum absolute atomic E-state index is 0.175. The van der Waals surface area contributed by atoms with E-state index in [1.807, 2.05) is 60.7 Å². The largest absolute Gasteiger partial charge is 0.335 e. The van der Waals surface area contributed by atoms with Crippen LogP contribution in [0, 0.1) is 0 Å². The van der Waals surface area contributed by atoms with Crippen LogP contribution in [0.2, 0.25) is 0 Å². The fourth-order valence-corrected chi connectivity index (χ4v) is 2.78. The van der Waals surface area contributed by atoms with Crippen molar-refractivity contribution in [2.75, 3.05) is 13.1 Å². The van der Waals surface area contributed by atoms with Gasteiger partial charge in [-0.25, -0.2) is 9.59 Å². The van der Waals surface area contributed by atoms with Crippen molar-refractivity contribution in [2.45, 2.75) is 12.5 Å². The molecule has 1 unspecified atom stereocenters. The predicted octanol–water partition coefficient (Wildman–Crippen LogP) is 2.71. The highest BCUT2D eigenvalue weighted by molar-refractivity contribution is 5.94. The fraction of sp³-hybridized carbons (Fsp3) is 0.222. The molecule has 3 rings (SSSR count). The summed E-state index contributed by atoms with van der Waals surface area (Å²) < 4.78 is 0. The number of imide groups is 1. The zero-order chi connectivity index (χ0) is 16.1. The van der Waals surface area contributed by atoms with E-state index in [1.165, 1.54) is 0 Å². The van der Waals surface area contributed by atoms with Crippen LogP contribution in [0.15, 0.2) is 60.7 Å². The molecular formula is C18H19N3O2. The first-order valence-corrected chi connectivity index (χ1v) is 7.68. The van der Waals surface area contributed by atoms with E-state index in [4.69, 9.17) is 0 Å². The molecule has 0 aromatic heterocycles. The molecule has 5 nitrogen and oxygen atoms in total. The van der Waals surface area contributed by atoms with Crippen molar-refractivity contribution in [3.8, 4) is 0 Å². The molecule has 4 amide bonds. The lowest BCUT2D eigenvalue weighted by molar-refractivity contribution is 0.183. The number of urea groups is 2. The van der Waals surface area contributed by atoms with Crippen LogP contribution in [-0.2, 0) is 6.42 Å². The van der Waals surface area contributed by atoms with Crippen molar-refractivity contribution < 1.29 is 9.59 Å². The lowest BCUT2D eigenvalue weighted by Crippen LogP contribution is -2.43. The standard InChI is InChI=1S/C18H19N3O2/c22-17-19-13-16(15-9-5-2-6-10-15)21(18(23)20-17)12-11-14-7-3-1-4-8-14/h1-10,16H,11-13H2,(H2,19,20,22,23). The number of nitrogens with one attached hydrogen (secondary N) is 2. The summed E-state index contributed by atoms with van der Waals surface area (Å²) in [5.74, 6) is 0. The minimum atomic E-state index is -0.446. The van der Waals surface area contributed by atoms with Crippen LogP contribution in [0.25, 0.3) is 0 Å². The van der Waals surface area contributed by atoms with Gasteiger partial charge in [-0.2, -0.15) is 0 Å². The number of carbonyl (C=O) groups is 2. The van der Waals surface area contributed by atoms with Gasteiger partial charge in [-0.1, -0.05) is 60.7 Å². The maximum atomic E-state index is 12.4. The second-order valence-electron chi connectivity index (χ2n) is 5.50. The highest BCUT2D eigenvalue weighted by atomic mass is 16.2. The normalized spacial score (nSPS) is 18.1. The summed E-state index contributed by atoms with van der Waals surface area (Å²) in [5, 5.41) is 5.10. The van der Waals surface area contributed by atoms with Crippen molar-refractivity contribution in [3.63, 3.8) is 0 Å². The van der Waals surface area contributed by atoms with Crippen LogP contribution in [0.3, 0.4) is 0 Å². The molecule has 23 heavy (non-hydrogen) atoms. The van der Waals surface area contributed by atoms with E-state index in [-0.39, 0.29) is 12.1 Å². The van der Waals surface area contributed by atoms with Crippen molar-refractivity contribution in [3.05, 3.63) is 71.8 Å². The van der Waals surface area contributed by atoms with E-state index in [9.17, 15) is 9.59 Å². The maximum Gasteiger partial charge on any atom is 0.326 e. The summed E-state index contributed by atoms with van der Waals surface area (Å²) >= 11 is 0. The van der Waals surface area contributed by atoms with Crippen LogP contribution in [-0.4, -0.2) is 30.1 Å². The number of nitrogens with zero attached hydrogens (tertiary/aromatic N) is 1. The van der Waals surface area contributed by atoms with Crippen molar-refractivity contribution in [1.29, 1.82) is 0 Å². The smallest absolute Gasteiger partial charge is 0.326 e. The van der Waals surface area contributed by atoms with Gasteiger partial charge in [-0.3, -0.25) is 5.32 Å². The summed E-state index contributed by atoms with van der Waals surface area (Å²) in [5.41, 5.74) is 2.17. The average molecular weight is 309 g/mol. The lowest BCUT2D eigenvalue weighted by atomic mass is 10.0. The molecule has 0 bridgehead atoms. The van der Waals surface area contributed by atoms with Crippen LogP contribution in [0.1, 0.15) is 17.2 Å². The molecule has 1 aliphatic heterocycles. The molecule has 0 aliphatic carbocycles. The van der Waals surface area contributed by atoms with Gasteiger partial charge >= 0.3 is 12.1 Å². The Hall–Kier alpha value is -2.82. The SMILES string of the molecule is O=C1NCC(c2ccccc2)N(CCc2ccccc2)C(=O)N1. The summed E-state index contributed by atoms with van der Waals surface area (Å²) in [4.78, 5) is 25.7. The van der Waals surface area contributed by atoms with Gasteiger partial charge in [-0.15, -0.1) is 0 Å². The molecule has 1 atom stereocenters. The monoisotopic (exact) mass is 309 g/mol. The van der Waals surface area contributed by atoms with Gasteiger partial charge in [0.2, 0.25) is 0 Å². The average Bonchev–Trinajstić information content (AvgIpc) is 2.72. The Bertz CT molecular complexity index is 673. The molecule has 1 fully saturated rings. The van der Waals surface area contributed by atoms with Crippen LogP contribution >= 0.6 is 0 Å². The molecule has 2 aromatic rings. The van der Waals surface area contributed by atoms with E-state index < -0.39 is 6.03 Å². The third-order valence-electron chi connectivity index (χ3n) is 3.98. The van der Waals surface area contributed by atoms with E-state index in [1.54, 1.807) is 4.90 Å². The van der Waals surface area contributed by atoms with Crippen molar-refractivity contribution in [2.24, 2.45) is 0 Å². The molecule has 1 saturated heterocycles. The molecule has 1 heterocycles. The Morgan fingerprint density at radius 3 is 2.30 bits per heavy atom. The molecule has 5 heteroatoms. The number of amides is 4. The molecule has 0 saturated carbocycles. The summed E-state index contributed by atoms with van der Waals surface area (Å²) in [6.07, 6.45) is 0.742. The van der Waals surface area contributed by atoms with E-state index >= 15 is 0 Å². The first-order chi connectivity index (χ1) is 11.2. The quantitative estimate of drug-likeness (QED) is 0.912. The lowest BCUT2D eigenvalue weighted by Gasteiger charge is -2.29. The van der Waals surface area contributed by atoms with Crippen LogP contribution in [0.5, 0.6) is 0 Å². The Morgan fingerprint density at radius 1 is 0.957 bits per heavy atom. The number of benzene rings is 2. The molecule has 0 radical (unpaired) electrons. The zero-order valence-corrected chi connectivity index (χ0v) is 12.7. The second kappa shape index (κ2) is 6.96. The summed E-state index contributed by atoms with van der Waals surface area (Å²) in [7, 11) is 0. The zero-order valence-electron chi connectivity index (χ0n) is 12.7. The van der Waals surface area contributed by atoms with Crippen molar-refractivity contribution >= 4 is 12.1 Å². The minimum Gasteiger partial charge on any atom is -0.335 e. The first kappa shape index (κ1) is 15.1. The Labute approximate surface area is 135 Å². The third kappa shape index (κ3) is 3.69. The van der Waals surface area contributed by atoms with Gasteiger partial charge in [0, 0.05) is 13.1 Å². The third-order valence-corrected chi connectivity index (χ3v) is 3.98. The topological polar surface area (TPSA) is 61.4 Å². The highest BCUT2D eigenvalue weighted by Crippen LogP contribution is 2.22. The summed E-state index contributed by atoms with van der Waals surface area (Å²) in [6.45, 7) is 0.945. The maximum absolute atomic E-state index is 12.4. The molecule has 118 valence electrons. The first-order valence-electron chi connectivity index (χ1n) is 7.68. The van der Waals surface area contributed by atoms with Gasteiger partial charge in [0.25, 0.3) is 0 Å². The van der Waals surface area contributed by atoms with E-state index in [2.05, 4.69) is 10.6 Å². The van der Waals surface area contributed by atoms with Gasteiger partial charge in [0.1, 0.15) is 0 Å². The van der Waals surface area contributed by atoms with Gasteiger partial charge in [0.15, 0.2) is 0 Å². The van der Waals surface area contributed by atoms with Gasteiger partial charge in [0.05, 0.1) is 6.04 Å². The molecule has 0 spiro atoms. The molecule has 1 aliphatic rings. The Morgan fingerprint density at radius 2 is 1.61 bits per heavy atom. The van der Waals surface area contributed by atoms with Crippen LogP contribution in [0.4, 0.5) is 9.59 Å². The molecule has 2 aromatic carbocycles. The number of carbonyl (C=O) groups excluding carboxylic acids is 2. The van der Waals surface area contributed by atoms with Crippen LogP contribution < -0.4 is 10.6 Å². The molecule has 2 N–H and O–H groups in total.